The second kappa shape index (κ2) is 4.63. The Kier molecular flexibility index (Phi) is 3.21. The molecule has 1 amide bonds. The first-order valence-electron chi connectivity index (χ1n) is 5.25. The van der Waals surface area contributed by atoms with Crippen LogP contribution in [0.4, 0.5) is 0 Å². The van der Waals surface area contributed by atoms with Gasteiger partial charge in [-0.15, -0.1) is 0 Å². The Bertz CT molecular complexity index is 352. The molecule has 0 aliphatic carbocycles. The van der Waals surface area contributed by atoms with Crippen molar-refractivity contribution in [1.29, 1.82) is 0 Å². The van der Waals surface area contributed by atoms with Crippen LogP contribution in [0.5, 0.6) is 0 Å². The minimum atomic E-state index is -0.222. The molecule has 0 saturated carbocycles. The molecule has 2 unspecified atom stereocenters. The van der Waals surface area contributed by atoms with E-state index in [1.807, 2.05) is 0 Å². The lowest BCUT2D eigenvalue weighted by atomic mass is 10.0. The van der Waals surface area contributed by atoms with E-state index in [0.717, 1.165) is 5.82 Å². The van der Waals surface area contributed by atoms with Crippen molar-refractivity contribution < 1.29 is 9.53 Å². The van der Waals surface area contributed by atoms with Crippen molar-refractivity contribution in [3.8, 4) is 0 Å². The van der Waals surface area contributed by atoms with E-state index in [4.69, 9.17) is 10.5 Å². The van der Waals surface area contributed by atoms with Gasteiger partial charge < -0.3 is 20.4 Å². The first kappa shape index (κ1) is 11.1. The number of aromatic amines is 1. The molecule has 0 bridgehead atoms. The lowest BCUT2D eigenvalue weighted by molar-refractivity contribution is -0.135. The summed E-state index contributed by atoms with van der Waals surface area (Å²) in [6, 6.07) is -0.188. The number of nitrogens with one attached hydrogen (secondary N) is 1. The standard InChI is InChI=1S/C10H16N4O2/c1-14(4-9-12-2-3-13-9)10(15)7-5-16-6-8(7)11/h2-3,7-8H,4-6,11H2,1H3,(H,12,13). The largest absolute Gasteiger partial charge is 0.379 e. The van der Waals surface area contributed by atoms with Crippen LogP contribution in [0.1, 0.15) is 5.82 Å². The van der Waals surface area contributed by atoms with E-state index in [-0.39, 0.29) is 17.9 Å². The fourth-order valence-electron chi connectivity index (χ4n) is 1.80. The third kappa shape index (κ3) is 2.23. The van der Waals surface area contributed by atoms with Crippen LogP contribution in [-0.2, 0) is 16.1 Å². The van der Waals surface area contributed by atoms with Gasteiger partial charge in [-0.05, 0) is 0 Å². The molecule has 2 rings (SSSR count). The second-order valence-electron chi connectivity index (χ2n) is 4.04. The highest BCUT2D eigenvalue weighted by molar-refractivity contribution is 5.79. The molecule has 2 atom stereocenters. The Morgan fingerprint density at radius 2 is 2.56 bits per heavy atom. The number of ether oxygens (including phenoxy) is 1. The Morgan fingerprint density at radius 3 is 3.12 bits per heavy atom. The molecule has 1 aliphatic rings. The molecule has 1 saturated heterocycles. The van der Waals surface area contributed by atoms with Crippen molar-refractivity contribution in [2.75, 3.05) is 20.3 Å². The van der Waals surface area contributed by atoms with Gasteiger partial charge in [0.25, 0.3) is 0 Å². The fraction of sp³-hybridized carbons (Fsp3) is 0.600. The lowest BCUT2D eigenvalue weighted by Crippen LogP contribution is -2.41. The molecule has 2 heterocycles. The van der Waals surface area contributed by atoms with Crippen molar-refractivity contribution in [3.63, 3.8) is 0 Å². The minimum Gasteiger partial charge on any atom is -0.379 e. The van der Waals surface area contributed by atoms with Crippen molar-refractivity contribution in [2.45, 2.75) is 12.6 Å². The summed E-state index contributed by atoms with van der Waals surface area (Å²) in [5.41, 5.74) is 5.80. The zero-order chi connectivity index (χ0) is 11.5. The number of nitrogens with zero attached hydrogens (tertiary/aromatic N) is 2. The first-order chi connectivity index (χ1) is 7.68. The average Bonchev–Trinajstić information content (AvgIpc) is 2.88. The number of hydrogen-bond acceptors (Lipinski definition) is 4. The summed E-state index contributed by atoms with van der Waals surface area (Å²) in [4.78, 5) is 20.7. The van der Waals surface area contributed by atoms with E-state index in [1.165, 1.54) is 0 Å². The van der Waals surface area contributed by atoms with E-state index in [1.54, 1.807) is 24.3 Å². The minimum absolute atomic E-state index is 0.0152. The van der Waals surface area contributed by atoms with Gasteiger partial charge in [-0.1, -0.05) is 0 Å². The van der Waals surface area contributed by atoms with Crippen molar-refractivity contribution >= 4 is 5.91 Å². The molecule has 88 valence electrons. The number of rotatable bonds is 3. The predicted molar refractivity (Wildman–Crippen MR) is 57.3 cm³/mol. The summed E-state index contributed by atoms with van der Waals surface area (Å²) in [6.45, 7) is 1.35. The Hall–Kier alpha value is -1.40. The fourth-order valence-corrected chi connectivity index (χ4v) is 1.80. The Balaban J connectivity index is 1.94. The van der Waals surface area contributed by atoms with Gasteiger partial charge in [-0.3, -0.25) is 4.79 Å². The van der Waals surface area contributed by atoms with Gasteiger partial charge in [-0.25, -0.2) is 4.98 Å². The third-order valence-electron chi connectivity index (χ3n) is 2.76. The van der Waals surface area contributed by atoms with E-state index in [0.29, 0.717) is 19.8 Å². The smallest absolute Gasteiger partial charge is 0.229 e. The number of carbonyl (C=O) groups excluding carboxylic acids is 1. The van der Waals surface area contributed by atoms with Gasteiger partial charge in [0.15, 0.2) is 0 Å². The maximum atomic E-state index is 12.0. The van der Waals surface area contributed by atoms with Gasteiger partial charge in [0, 0.05) is 25.5 Å². The molecular weight excluding hydrogens is 208 g/mol. The van der Waals surface area contributed by atoms with Gasteiger partial charge >= 0.3 is 0 Å². The molecule has 6 heteroatoms. The SMILES string of the molecule is CN(Cc1ncc[nH]1)C(=O)C1COCC1N. The lowest BCUT2D eigenvalue weighted by Gasteiger charge is -2.21. The van der Waals surface area contributed by atoms with E-state index < -0.39 is 0 Å². The number of carbonyl (C=O) groups is 1. The zero-order valence-corrected chi connectivity index (χ0v) is 9.22. The summed E-state index contributed by atoms with van der Waals surface area (Å²) in [5.74, 6) is 0.560. The van der Waals surface area contributed by atoms with Crippen LogP contribution in [0.2, 0.25) is 0 Å². The molecule has 6 nitrogen and oxygen atoms in total. The van der Waals surface area contributed by atoms with Crippen LogP contribution in [0.15, 0.2) is 12.4 Å². The quantitative estimate of drug-likeness (QED) is 0.714. The summed E-state index contributed by atoms with van der Waals surface area (Å²) in [6.07, 6.45) is 3.40. The van der Waals surface area contributed by atoms with Gasteiger partial charge in [-0.2, -0.15) is 0 Å². The summed E-state index contributed by atoms with van der Waals surface area (Å²) < 4.78 is 5.18. The average molecular weight is 224 g/mol. The number of nitrogens with two attached hydrogens (primary N) is 1. The first-order valence-corrected chi connectivity index (χ1v) is 5.25. The third-order valence-corrected chi connectivity index (χ3v) is 2.76. The van der Waals surface area contributed by atoms with Crippen molar-refractivity contribution in [2.24, 2.45) is 11.7 Å². The normalized spacial score (nSPS) is 24.6. The molecule has 0 aromatic carbocycles. The molecule has 1 aliphatic heterocycles. The number of aromatic nitrogens is 2. The van der Waals surface area contributed by atoms with Crippen LogP contribution in [0.3, 0.4) is 0 Å². The van der Waals surface area contributed by atoms with Crippen LogP contribution in [-0.4, -0.2) is 47.1 Å². The molecule has 0 radical (unpaired) electrons. The van der Waals surface area contributed by atoms with E-state index in [9.17, 15) is 4.79 Å². The molecule has 3 N–H and O–H groups in total. The number of imidazole rings is 1. The maximum Gasteiger partial charge on any atom is 0.229 e. The van der Waals surface area contributed by atoms with Gasteiger partial charge in [0.2, 0.25) is 5.91 Å². The van der Waals surface area contributed by atoms with E-state index in [2.05, 4.69) is 9.97 Å². The Labute approximate surface area is 93.8 Å². The van der Waals surface area contributed by atoms with Gasteiger partial charge in [0.05, 0.1) is 25.7 Å². The highest BCUT2D eigenvalue weighted by Gasteiger charge is 2.33. The van der Waals surface area contributed by atoms with E-state index >= 15 is 0 Å². The van der Waals surface area contributed by atoms with Crippen LogP contribution >= 0.6 is 0 Å². The van der Waals surface area contributed by atoms with Crippen LogP contribution < -0.4 is 5.73 Å². The molecule has 1 aromatic heterocycles. The molecular formula is C10H16N4O2. The predicted octanol–water partition coefficient (Wildman–Crippen LogP) is -0.658. The highest BCUT2D eigenvalue weighted by Crippen LogP contribution is 2.15. The molecule has 1 aromatic rings. The summed E-state index contributed by atoms with van der Waals surface area (Å²) in [5, 5.41) is 0. The summed E-state index contributed by atoms with van der Waals surface area (Å²) in [7, 11) is 1.75. The van der Waals surface area contributed by atoms with Crippen molar-refractivity contribution in [1.82, 2.24) is 14.9 Å². The van der Waals surface area contributed by atoms with Gasteiger partial charge in [0.1, 0.15) is 5.82 Å². The Morgan fingerprint density at radius 1 is 1.75 bits per heavy atom. The monoisotopic (exact) mass is 224 g/mol. The summed E-state index contributed by atoms with van der Waals surface area (Å²) >= 11 is 0. The molecule has 1 fully saturated rings. The molecule has 0 spiro atoms. The number of amides is 1. The number of hydrogen-bond donors (Lipinski definition) is 2. The maximum absolute atomic E-state index is 12.0. The van der Waals surface area contributed by atoms with Crippen LogP contribution in [0.25, 0.3) is 0 Å². The second-order valence-corrected chi connectivity index (χ2v) is 4.04. The highest BCUT2D eigenvalue weighted by atomic mass is 16.5. The molecule has 16 heavy (non-hydrogen) atoms. The topological polar surface area (TPSA) is 84.2 Å². The zero-order valence-electron chi connectivity index (χ0n) is 9.22. The van der Waals surface area contributed by atoms with Crippen molar-refractivity contribution in [3.05, 3.63) is 18.2 Å². The van der Waals surface area contributed by atoms with Crippen LogP contribution in [0, 0.1) is 5.92 Å². The number of H-pyrrole nitrogens is 1.